The summed E-state index contributed by atoms with van der Waals surface area (Å²) >= 11 is 0. The van der Waals surface area contributed by atoms with Crippen LogP contribution in [0.15, 0.2) is 36.4 Å². The number of aromatic nitrogens is 1. The molecular weight excluding hydrogens is 676 g/mol. The van der Waals surface area contributed by atoms with Crippen molar-refractivity contribution in [3.63, 3.8) is 0 Å². The van der Waals surface area contributed by atoms with Crippen LogP contribution in [0.3, 0.4) is 0 Å². The molecule has 1 N–H and O–H groups in total. The first-order valence-corrected chi connectivity index (χ1v) is 12.8. The summed E-state index contributed by atoms with van der Waals surface area (Å²) in [6, 6.07) is 11.9. The SMILES string of the molecule is COCCOc1ccccc1[C@@H]([C-]=O)N1CC[C@@H](CCCCCc2ccc3c(n2)NCCC3)C1.[CH3-].[U+2]. The molecule has 4 rings (SSSR count). The third-order valence-electron chi connectivity index (χ3n) is 7.05. The molecule has 1 aromatic heterocycles. The fourth-order valence-electron chi connectivity index (χ4n) is 5.16. The number of methoxy groups -OCH3 is 1. The van der Waals surface area contributed by atoms with Gasteiger partial charge in [0.15, 0.2) is 0 Å². The fraction of sp³-hybridized carbons (Fsp3) is 0.552. The van der Waals surface area contributed by atoms with Gasteiger partial charge in [0, 0.05) is 19.3 Å². The van der Waals surface area contributed by atoms with Gasteiger partial charge in [-0.1, -0.05) is 43.1 Å². The summed E-state index contributed by atoms with van der Waals surface area (Å²) in [4.78, 5) is 19.0. The molecule has 2 aliphatic heterocycles. The molecule has 2 atom stereocenters. The summed E-state index contributed by atoms with van der Waals surface area (Å²) in [5.74, 6) is 2.49. The molecule has 0 unspecified atom stereocenters. The summed E-state index contributed by atoms with van der Waals surface area (Å²) in [6.45, 7) is 3.92. The molecule has 1 aromatic carbocycles. The van der Waals surface area contributed by atoms with E-state index in [2.05, 4.69) is 28.6 Å². The third-order valence-corrected chi connectivity index (χ3v) is 7.05. The second-order valence-electron chi connectivity index (χ2n) is 9.49. The Morgan fingerprint density at radius 1 is 1.17 bits per heavy atom. The number of ether oxygens (including phenoxy) is 2. The van der Waals surface area contributed by atoms with Crippen LogP contribution in [-0.2, 0) is 22.4 Å². The Bertz CT molecular complexity index is 926. The van der Waals surface area contributed by atoms with Crippen molar-refractivity contribution in [3.05, 3.63) is 60.6 Å². The molecule has 36 heavy (non-hydrogen) atoms. The number of nitrogens with zero attached hydrogens (tertiary/aromatic N) is 2. The number of hydrogen-bond acceptors (Lipinski definition) is 6. The number of fused-ring (bicyclic) bond motifs is 1. The van der Waals surface area contributed by atoms with Crippen molar-refractivity contribution in [2.75, 3.05) is 45.3 Å². The van der Waals surface area contributed by atoms with Gasteiger partial charge in [0.2, 0.25) is 0 Å². The van der Waals surface area contributed by atoms with Crippen molar-refractivity contribution in [3.8, 4) is 5.75 Å². The van der Waals surface area contributed by atoms with E-state index in [-0.39, 0.29) is 44.6 Å². The molecule has 0 spiro atoms. The topological polar surface area (TPSA) is 63.7 Å². The number of anilines is 1. The van der Waals surface area contributed by atoms with Gasteiger partial charge in [-0.15, -0.1) is 0 Å². The maximum Gasteiger partial charge on any atom is 2.00 e. The molecule has 0 saturated carbocycles. The van der Waals surface area contributed by atoms with Crippen molar-refractivity contribution >= 4 is 12.1 Å². The number of rotatable bonds is 13. The number of nitrogens with one attached hydrogen (secondary N) is 1. The van der Waals surface area contributed by atoms with Crippen molar-refractivity contribution in [2.24, 2.45) is 5.92 Å². The van der Waals surface area contributed by atoms with E-state index in [0.29, 0.717) is 19.1 Å². The van der Waals surface area contributed by atoms with Gasteiger partial charge in [0.1, 0.15) is 18.2 Å². The van der Waals surface area contributed by atoms with Crippen molar-refractivity contribution in [1.82, 2.24) is 9.88 Å². The number of unbranched alkanes of at least 4 members (excludes halogenated alkanes) is 2. The monoisotopic (exact) mass is 717 g/mol. The number of pyridine rings is 1. The van der Waals surface area contributed by atoms with E-state index >= 15 is 0 Å². The minimum atomic E-state index is -0.368. The number of carbonyl (C=O) groups excluding carboxylic acids is 1. The zero-order valence-electron chi connectivity index (χ0n) is 21.9. The molecular formula is C29H41N3O3U. The van der Waals surface area contributed by atoms with Gasteiger partial charge in [-0.05, 0) is 80.8 Å². The van der Waals surface area contributed by atoms with Gasteiger partial charge in [0.25, 0.3) is 0 Å². The molecule has 0 bridgehead atoms. The smallest absolute Gasteiger partial charge is 0.540 e. The molecule has 0 amide bonds. The van der Waals surface area contributed by atoms with Crippen molar-refractivity contribution < 1.29 is 45.4 Å². The number of hydrogen-bond donors (Lipinski definition) is 1. The van der Waals surface area contributed by atoms with Crippen LogP contribution in [0.5, 0.6) is 5.75 Å². The second kappa shape index (κ2) is 16.5. The van der Waals surface area contributed by atoms with Crippen LogP contribution in [0.1, 0.15) is 61.4 Å². The normalized spacial score (nSPS) is 17.8. The minimum absolute atomic E-state index is 0. The van der Waals surface area contributed by atoms with E-state index in [0.717, 1.165) is 56.0 Å². The minimum Gasteiger partial charge on any atom is -0.540 e. The van der Waals surface area contributed by atoms with Crippen LogP contribution in [0.4, 0.5) is 5.82 Å². The molecule has 1 saturated heterocycles. The molecule has 3 heterocycles. The summed E-state index contributed by atoms with van der Waals surface area (Å²) < 4.78 is 11.0. The Hall–Kier alpha value is -1.39. The fourth-order valence-corrected chi connectivity index (χ4v) is 5.16. The van der Waals surface area contributed by atoms with E-state index in [4.69, 9.17) is 14.5 Å². The zero-order chi connectivity index (χ0) is 23.6. The molecule has 7 heteroatoms. The van der Waals surface area contributed by atoms with Gasteiger partial charge in [0.05, 0.1) is 6.61 Å². The Morgan fingerprint density at radius 2 is 2.03 bits per heavy atom. The second-order valence-corrected chi connectivity index (χ2v) is 9.49. The van der Waals surface area contributed by atoms with E-state index in [9.17, 15) is 4.79 Å². The first kappa shape index (κ1) is 30.8. The molecule has 6 nitrogen and oxygen atoms in total. The maximum atomic E-state index is 11.9. The number of likely N-dealkylation sites (tertiary alicyclic amines) is 1. The summed E-state index contributed by atoms with van der Waals surface area (Å²) in [7, 11) is 1.66. The number of benzene rings is 1. The number of para-hydroxylation sites is 1. The predicted molar refractivity (Wildman–Crippen MR) is 142 cm³/mol. The summed E-state index contributed by atoms with van der Waals surface area (Å²) in [6.07, 6.45) is 11.7. The third kappa shape index (κ3) is 8.59. The quantitative estimate of drug-likeness (QED) is 0.228. The standard InChI is InChI=1S/C28H38N3O3.CH3.U/c1-33-18-19-34-27-12-6-5-11-25(27)26(21-32)31-17-15-22(20-31)8-3-2-4-10-24-14-13-23-9-7-16-29-28(23)30-24;;/h5-6,11-14,22,26H,2-4,7-10,15-20H2,1H3,(H,29,30);1H3;/q2*-1;+2/t22-,26-;;/m1../s1. The largest absolute Gasteiger partial charge is 2.00 e. The van der Waals surface area contributed by atoms with E-state index in [1.165, 1.54) is 43.4 Å². The van der Waals surface area contributed by atoms with Gasteiger partial charge >= 0.3 is 31.1 Å². The van der Waals surface area contributed by atoms with Crippen LogP contribution in [-0.4, -0.2) is 56.1 Å². The van der Waals surface area contributed by atoms with Gasteiger partial charge < -0.3 is 31.9 Å². The average molecular weight is 718 g/mol. The Balaban J connectivity index is 0.00000228. The van der Waals surface area contributed by atoms with Gasteiger partial charge in [-0.3, -0.25) is 0 Å². The van der Waals surface area contributed by atoms with Crippen LogP contribution in [0.2, 0.25) is 0 Å². The van der Waals surface area contributed by atoms with Crippen LogP contribution in [0, 0.1) is 44.5 Å². The Kier molecular flexibility index (Phi) is 14.1. The Labute approximate surface area is 241 Å². The van der Waals surface area contributed by atoms with Crippen LogP contribution >= 0.6 is 0 Å². The van der Waals surface area contributed by atoms with E-state index in [1.54, 1.807) is 7.11 Å². The molecule has 194 valence electrons. The molecule has 2 aromatic rings. The van der Waals surface area contributed by atoms with E-state index < -0.39 is 0 Å². The van der Waals surface area contributed by atoms with Crippen LogP contribution < -0.4 is 10.1 Å². The molecule has 0 radical (unpaired) electrons. The number of aryl methyl sites for hydroxylation is 2. The first-order valence-electron chi connectivity index (χ1n) is 12.8. The van der Waals surface area contributed by atoms with Gasteiger partial charge in [-0.2, -0.15) is 0 Å². The first-order chi connectivity index (χ1) is 16.8. The molecule has 2 aliphatic rings. The van der Waals surface area contributed by atoms with Crippen LogP contribution in [0.25, 0.3) is 0 Å². The maximum absolute atomic E-state index is 11.9. The van der Waals surface area contributed by atoms with Crippen molar-refractivity contribution in [1.29, 1.82) is 0 Å². The Morgan fingerprint density at radius 3 is 2.86 bits per heavy atom. The average Bonchev–Trinajstić information content (AvgIpc) is 3.34. The van der Waals surface area contributed by atoms with Gasteiger partial charge in [-0.25, -0.2) is 11.3 Å². The summed E-state index contributed by atoms with van der Waals surface area (Å²) in [5.41, 5.74) is 3.47. The van der Waals surface area contributed by atoms with E-state index in [1.807, 2.05) is 24.3 Å². The zero-order valence-corrected chi connectivity index (χ0v) is 26.1. The summed E-state index contributed by atoms with van der Waals surface area (Å²) in [5, 5.41) is 3.43. The van der Waals surface area contributed by atoms with Crippen molar-refractivity contribution in [2.45, 2.75) is 57.4 Å². The predicted octanol–water partition coefficient (Wildman–Crippen LogP) is 5.19. The molecule has 1 fully saturated rings. The molecule has 0 aliphatic carbocycles.